The van der Waals surface area contributed by atoms with E-state index in [1.165, 1.54) is 6.42 Å². The minimum Gasteiger partial charge on any atom is -0.353 e. The number of hydrogen-bond acceptors (Lipinski definition) is 5. The smallest absolute Gasteiger partial charge is 0.254 e. The molecule has 2 fully saturated rings. The lowest BCUT2D eigenvalue weighted by atomic mass is 9.93. The third kappa shape index (κ3) is 1.64. The number of anilines is 1. The second-order valence-electron chi connectivity index (χ2n) is 5.94. The summed E-state index contributed by atoms with van der Waals surface area (Å²) < 4.78 is 1.88. The van der Waals surface area contributed by atoms with Crippen molar-refractivity contribution in [2.75, 3.05) is 24.5 Å². The highest BCUT2D eigenvalue weighted by Gasteiger charge is 2.44. The van der Waals surface area contributed by atoms with Crippen molar-refractivity contribution in [1.29, 1.82) is 0 Å². The second kappa shape index (κ2) is 4.41. The molecule has 0 radical (unpaired) electrons. The number of nitrogens with zero attached hydrogens (tertiary/aromatic N) is 5. The van der Waals surface area contributed by atoms with Crippen LogP contribution >= 0.6 is 0 Å². The summed E-state index contributed by atoms with van der Waals surface area (Å²) in [4.78, 5) is 11.2. The minimum atomic E-state index is 0.587. The average Bonchev–Trinajstić information content (AvgIpc) is 3.11. The Morgan fingerprint density at radius 1 is 1.40 bits per heavy atom. The van der Waals surface area contributed by atoms with Gasteiger partial charge in [-0.05, 0) is 25.2 Å². The van der Waals surface area contributed by atoms with Crippen molar-refractivity contribution in [3.63, 3.8) is 0 Å². The lowest BCUT2D eigenvalue weighted by Crippen LogP contribution is -2.36. The fourth-order valence-corrected chi connectivity index (χ4v) is 3.93. The monoisotopic (exact) mass is 272 g/mol. The Bertz CT molecular complexity index is 636. The summed E-state index contributed by atoms with van der Waals surface area (Å²) in [6.07, 6.45) is 2.76. The van der Waals surface area contributed by atoms with Gasteiger partial charge in [0.15, 0.2) is 0 Å². The van der Waals surface area contributed by atoms with Crippen LogP contribution in [0.2, 0.25) is 0 Å². The Morgan fingerprint density at radius 3 is 3.15 bits per heavy atom. The lowest BCUT2D eigenvalue weighted by molar-refractivity contribution is 0.441. The van der Waals surface area contributed by atoms with Gasteiger partial charge in [0.2, 0.25) is 0 Å². The van der Waals surface area contributed by atoms with Gasteiger partial charge < -0.3 is 10.2 Å². The molecule has 0 saturated carbocycles. The summed E-state index contributed by atoms with van der Waals surface area (Å²) in [6, 6.07) is 2.72. The zero-order chi connectivity index (χ0) is 13.7. The van der Waals surface area contributed by atoms with Crippen molar-refractivity contribution in [2.45, 2.75) is 26.3 Å². The number of fused-ring (bicyclic) bond motifs is 2. The van der Waals surface area contributed by atoms with Crippen LogP contribution in [0.3, 0.4) is 0 Å². The third-order valence-corrected chi connectivity index (χ3v) is 4.79. The van der Waals surface area contributed by atoms with Crippen molar-refractivity contribution in [3.05, 3.63) is 18.1 Å². The fourth-order valence-electron chi connectivity index (χ4n) is 3.93. The predicted molar refractivity (Wildman–Crippen MR) is 76.8 cm³/mol. The molecular weight excluding hydrogens is 252 g/mol. The van der Waals surface area contributed by atoms with Crippen LogP contribution < -0.4 is 10.2 Å². The van der Waals surface area contributed by atoms with Crippen LogP contribution in [0.4, 0.5) is 5.82 Å². The zero-order valence-electron chi connectivity index (χ0n) is 12.0. The summed E-state index contributed by atoms with van der Waals surface area (Å²) in [5.74, 6) is 3.36. The van der Waals surface area contributed by atoms with Gasteiger partial charge in [0.05, 0.1) is 0 Å². The van der Waals surface area contributed by atoms with Gasteiger partial charge in [0.1, 0.15) is 12.1 Å². The molecule has 2 aliphatic heterocycles. The summed E-state index contributed by atoms with van der Waals surface area (Å²) >= 11 is 0. The van der Waals surface area contributed by atoms with Crippen LogP contribution in [0.1, 0.15) is 19.0 Å². The standard InChI is InChI=1S/C14H20N6/c1-3-12-11-6-15-5-10(11)7-19(12)13-4-9(2)18-14-16-8-17-20(13)14/h4,8,10-12,15H,3,5-7H2,1-2H3. The topological polar surface area (TPSA) is 58.3 Å². The molecule has 0 bridgehead atoms. The van der Waals surface area contributed by atoms with Gasteiger partial charge in [-0.15, -0.1) is 0 Å². The van der Waals surface area contributed by atoms with Gasteiger partial charge in [-0.2, -0.15) is 14.6 Å². The first-order valence-electron chi connectivity index (χ1n) is 7.42. The Hall–Kier alpha value is -1.69. The molecule has 0 amide bonds. The fraction of sp³-hybridized carbons (Fsp3) is 0.643. The molecule has 0 aromatic carbocycles. The molecule has 4 heterocycles. The van der Waals surface area contributed by atoms with E-state index in [0.29, 0.717) is 11.8 Å². The summed E-state index contributed by atoms with van der Waals surface area (Å²) in [5, 5.41) is 7.88. The summed E-state index contributed by atoms with van der Waals surface area (Å²) in [6.45, 7) is 7.70. The van der Waals surface area contributed by atoms with Gasteiger partial charge in [0, 0.05) is 37.4 Å². The third-order valence-electron chi connectivity index (χ3n) is 4.79. The highest BCUT2D eigenvalue weighted by molar-refractivity contribution is 5.49. The molecule has 2 aromatic rings. The molecular formula is C14H20N6. The molecule has 0 spiro atoms. The molecule has 3 atom stereocenters. The SMILES string of the molecule is CCC1C2CNCC2CN1c1cc(C)nc2ncnn12. The highest BCUT2D eigenvalue weighted by Crippen LogP contribution is 2.37. The van der Waals surface area contributed by atoms with E-state index < -0.39 is 0 Å². The molecule has 106 valence electrons. The van der Waals surface area contributed by atoms with Gasteiger partial charge in [0.25, 0.3) is 5.78 Å². The highest BCUT2D eigenvalue weighted by atomic mass is 15.4. The summed E-state index contributed by atoms with van der Waals surface area (Å²) in [7, 11) is 0. The Morgan fingerprint density at radius 2 is 2.30 bits per heavy atom. The molecule has 4 rings (SSSR count). The van der Waals surface area contributed by atoms with Gasteiger partial charge in [-0.25, -0.2) is 4.98 Å². The van der Waals surface area contributed by atoms with E-state index in [-0.39, 0.29) is 0 Å². The Balaban J connectivity index is 1.80. The number of hydrogen-bond donors (Lipinski definition) is 1. The number of rotatable bonds is 2. The van der Waals surface area contributed by atoms with Crippen LogP contribution in [0.25, 0.3) is 5.78 Å². The number of aryl methyl sites for hydroxylation is 1. The van der Waals surface area contributed by atoms with Crippen molar-refractivity contribution < 1.29 is 0 Å². The number of aromatic nitrogens is 4. The molecule has 6 heteroatoms. The quantitative estimate of drug-likeness (QED) is 0.879. The van der Waals surface area contributed by atoms with Gasteiger partial charge >= 0.3 is 0 Å². The van der Waals surface area contributed by atoms with E-state index in [2.05, 4.69) is 38.3 Å². The van der Waals surface area contributed by atoms with E-state index >= 15 is 0 Å². The first-order chi connectivity index (χ1) is 9.78. The maximum Gasteiger partial charge on any atom is 0.254 e. The summed E-state index contributed by atoms with van der Waals surface area (Å²) in [5.41, 5.74) is 1.01. The molecule has 1 N–H and O–H groups in total. The van der Waals surface area contributed by atoms with E-state index in [1.54, 1.807) is 6.33 Å². The largest absolute Gasteiger partial charge is 0.353 e. The maximum atomic E-state index is 4.44. The molecule has 2 aromatic heterocycles. The first kappa shape index (κ1) is 12.1. The predicted octanol–water partition coefficient (Wildman–Crippen LogP) is 0.867. The molecule has 2 aliphatic rings. The molecule has 20 heavy (non-hydrogen) atoms. The van der Waals surface area contributed by atoms with Gasteiger partial charge in [-0.1, -0.05) is 6.92 Å². The van der Waals surface area contributed by atoms with E-state index in [9.17, 15) is 0 Å². The molecule has 2 saturated heterocycles. The van der Waals surface area contributed by atoms with Crippen LogP contribution in [-0.4, -0.2) is 45.3 Å². The minimum absolute atomic E-state index is 0.587. The van der Waals surface area contributed by atoms with Crippen molar-refractivity contribution in [2.24, 2.45) is 11.8 Å². The van der Waals surface area contributed by atoms with E-state index in [0.717, 1.165) is 43.0 Å². The van der Waals surface area contributed by atoms with Crippen LogP contribution in [0, 0.1) is 18.8 Å². The van der Waals surface area contributed by atoms with Crippen LogP contribution in [-0.2, 0) is 0 Å². The van der Waals surface area contributed by atoms with Crippen molar-refractivity contribution >= 4 is 11.6 Å². The van der Waals surface area contributed by atoms with E-state index in [1.807, 2.05) is 11.4 Å². The van der Waals surface area contributed by atoms with E-state index in [4.69, 9.17) is 0 Å². The zero-order valence-corrected chi connectivity index (χ0v) is 12.0. The normalized spacial score (nSPS) is 29.3. The van der Waals surface area contributed by atoms with Crippen LogP contribution in [0.5, 0.6) is 0 Å². The van der Waals surface area contributed by atoms with Crippen molar-refractivity contribution in [1.82, 2.24) is 24.9 Å². The molecule has 3 unspecified atom stereocenters. The van der Waals surface area contributed by atoms with Gasteiger partial charge in [-0.3, -0.25) is 0 Å². The number of nitrogens with one attached hydrogen (secondary N) is 1. The Kier molecular flexibility index (Phi) is 2.66. The first-order valence-corrected chi connectivity index (χ1v) is 7.42. The second-order valence-corrected chi connectivity index (χ2v) is 5.94. The molecule has 0 aliphatic carbocycles. The lowest BCUT2D eigenvalue weighted by Gasteiger charge is -2.29. The average molecular weight is 272 g/mol. The maximum absolute atomic E-state index is 4.44. The Labute approximate surface area is 118 Å². The molecule has 6 nitrogen and oxygen atoms in total. The van der Waals surface area contributed by atoms with Crippen LogP contribution in [0.15, 0.2) is 12.4 Å². The van der Waals surface area contributed by atoms with Crippen molar-refractivity contribution in [3.8, 4) is 0 Å².